The Morgan fingerprint density at radius 1 is 1.09 bits per heavy atom. The van der Waals surface area contributed by atoms with Gasteiger partial charge in [0.15, 0.2) is 0 Å². The Labute approximate surface area is 199 Å². The third kappa shape index (κ3) is 5.10. The van der Waals surface area contributed by atoms with Gasteiger partial charge in [-0.2, -0.15) is 0 Å². The fourth-order valence-corrected chi connectivity index (χ4v) is 5.59. The Morgan fingerprint density at radius 2 is 1.88 bits per heavy atom. The van der Waals surface area contributed by atoms with E-state index in [1.54, 1.807) is 6.07 Å². The van der Waals surface area contributed by atoms with Crippen LogP contribution in [0.1, 0.15) is 85.7 Å². The molecule has 2 aliphatic carbocycles. The number of fused-ring (bicyclic) bond motifs is 1. The van der Waals surface area contributed by atoms with E-state index in [0.717, 1.165) is 30.4 Å². The molecule has 0 bridgehead atoms. The highest BCUT2D eigenvalue weighted by Gasteiger charge is 2.39. The normalized spacial score (nSPS) is 23.9. The van der Waals surface area contributed by atoms with E-state index in [1.165, 1.54) is 37.0 Å². The molecule has 182 valence electrons. The molecule has 1 aromatic carbocycles. The first-order valence-corrected chi connectivity index (χ1v) is 12.7. The van der Waals surface area contributed by atoms with Crippen molar-refractivity contribution in [1.29, 1.82) is 0 Å². The summed E-state index contributed by atoms with van der Waals surface area (Å²) in [5, 5.41) is 5.19. The molecule has 2 N–H and O–H groups in total. The van der Waals surface area contributed by atoms with Gasteiger partial charge in [0.2, 0.25) is 11.8 Å². The Hall–Kier alpha value is -2.90. The molecule has 1 saturated heterocycles. The number of alkyl carbamates (subject to hydrolysis) is 1. The smallest absolute Gasteiger partial charge is 0.407 e. The molecule has 0 aromatic heterocycles. The largest absolute Gasteiger partial charge is 0.446 e. The van der Waals surface area contributed by atoms with Crippen molar-refractivity contribution >= 4 is 23.8 Å². The Balaban J connectivity index is 1.17. The maximum Gasteiger partial charge on any atom is 0.407 e. The maximum atomic E-state index is 13.0. The number of carbonyl (C=O) groups excluding carboxylic acids is 4. The Kier molecular flexibility index (Phi) is 6.57. The number of piperidine rings is 1. The maximum absolute atomic E-state index is 13.0. The van der Waals surface area contributed by atoms with Gasteiger partial charge in [-0.05, 0) is 54.7 Å². The molecule has 2 aliphatic heterocycles. The fourth-order valence-electron chi connectivity index (χ4n) is 5.59. The van der Waals surface area contributed by atoms with E-state index in [1.807, 2.05) is 12.1 Å². The average molecular weight is 468 g/mol. The molecule has 2 heterocycles. The highest BCUT2D eigenvalue weighted by molar-refractivity contribution is 6.05. The van der Waals surface area contributed by atoms with E-state index in [9.17, 15) is 19.2 Å². The summed E-state index contributed by atoms with van der Waals surface area (Å²) in [6, 6.07) is 4.92. The number of nitrogens with zero attached hydrogens (tertiary/aromatic N) is 1. The van der Waals surface area contributed by atoms with Crippen molar-refractivity contribution in [3.8, 4) is 0 Å². The monoisotopic (exact) mass is 467 g/mol. The van der Waals surface area contributed by atoms with Crippen LogP contribution in [0.2, 0.25) is 0 Å². The second-order valence-electron chi connectivity index (χ2n) is 10.3. The van der Waals surface area contributed by atoms with E-state index in [4.69, 9.17) is 4.74 Å². The van der Waals surface area contributed by atoms with Gasteiger partial charge in [-0.1, -0.05) is 44.2 Å². The SMILES string of the molecule is O=C1CCC(N2Cc3ccc(CNC(=O)OC(CC4CC4)C4CCCCC4)cc3C2=O)C(=O)N1. The number of hydrogen-bond donors (Lipinski definition) is 2. The molecular weight excluding hydrogens is 434 g/mol. The van der Waals surface area contributed by atoms with Crippen molar-refractivity contribution in [3.63, 3.8) is 0 Å². The van der Waals surface area contributed by atoms with Gasteiger partial charge >= 0.3 is 6.09 Å². The topological polar surface area (TPSA) is 105 Å². The molecule has 4 aliphatic rings. The summed E-state index contributed by atoms with van der Waals surface area (Å²) in [5.74, 6) is 0.246. The van der Waals surface area contributed by atoms with Gasteiger partial charge in [0.25, 0.3) is 5.91 Å². The number of nitrogens with one attached hydrogen (secondary N) is 2. The van der Waals surface area contributed by atoms with Gasteiger partial charge in [-0.15, -0.1) is 0 Å². The van der Waals surface area contributed by atoms with Crippen molar-refractivity contribution < 1.29 is 23.9 Å². The fraction of sp³-hybridized carbons (Fsp3) is 0.615. The number of carbonyl (C=O) groups is 4. The molecule has 8 nitrogen and oxygen atoms in total. The summed E-state index contributed by atoms with van der Waals surface area (Å²) in [7, 11) is 0. The lowest BCUT2D eigenvalue weighted by Crippen LogP contribution is -2.52. The van der Waals surface area contributed by atoms with Crippen LogP contribution >= 0.6 is 0 Å². The third-order valence-electron chi connectivity index (χ3n) is 7.73. The summed E-state index contributed by atoms with van der Waals surface area (Å²) in [6.45, 7) is 0.624. The number of benzene rings is 1. The molecule has 2 unspecified atom stereocenters. The van der Waals surface area contributed by atoms with Crippen molar-refractivity contribution in [3.05, 3.63) is 34.9 Å². The molecule has 2 saturated carbocycles. The van der Waals surface area contributed by atoms with Gasteiger partial charge in [-0.3, -0.25) is 19.7 Å². The second-order valence-corrected chi connectivity index (χ2v) is 10.3. The van der Waals surface area contributed by atoms with E-state index < -0.39 is 18.0 Å². The Bertz CT molecular complexity index is 983. The van der Waals surface area contributed by atoms with E-state index in [2.05, 4.69) is 10.6 Å². The predicted octanol–water partition coefficient (Wildman–Crippen LogP) is 3.42. The summed E-state index contributed by atoms with van der Waals surface area (Å²) in [6.07, 6.45) is 9.63. The quantitative estimate of drug-likeness (QED) is 0.598. The lowest BCUT2D eigenvalue weighted by Gasteiger charge is -2.30. The van der Waals surface area contributed by atoms with Crippen molar-refractivity contribution in [1.82, 2.24) is 15.5 Å². The molecule has 2 atom stereocenters. The first kappa shape index (κ1) is 22.9. The summed E-state index contributed by atoms with van der Waals surface area (Å²) < 4.78 is 5.90. The molecular formula is C26H33N3O5. The van der Waals surface area contributed by atoms with Crippen LogP contribution in [0, 0.1) is 11.8 Å². The van der Waals surface area contributed by atoms with E-state index >= 15 is 0 Å². The number of hydrogen-bond acceptors (Lipinski definition) is 5. The van der Waals surface area contributed by atoms with Crippen LogP contribution in [0.4, 0.5) is 4.79 Å². The van der Waals surface area contributed by atoms with Crippen LogP contribution in [0.25, 0.3) is 0 Å². The molecule has 5 rings (SSSR count). The second kappa shape index (κ2) is 9.76. The van der Waals surface area contributed by atoms with Gasteiger partial charge in [-0.25, -0.2) is 4.79 Å². The molecule has 4 amide bonds. The van der Waals surface area contributed by atoms with Crippen molar-refractivity contribution in [2.75, 3.05) is 0 Å². The van der Waals surface area contributed by atoms with Crippen molar-refractivity contribution in [2.24, 2.45) is 11.8 Å². The molecule has 34 heavy (non-hydrogen) atoms. The van der Waals surface area contributed by atoms with Gasteiger partial charge in [0.1, 0.15) is 12.1 Å². The standard InChI is InChI=1S/C26H33N3O5/c30-23-11-10-21(24(31)28-23)29-15-19-9-8-17(12-20(19)25(29)32)14-27-26(33)34-22(13-16-6-7-16)18-4-2-1-3-5-18/h8-9,12,16,18,21-22H,1-7,10-11,13-15H2,(H,27,33)(H,28,30,31). The lowest BCUT2D eigenvalue weighted by atomic mass is 9.83. The zero-order valence-electron chi connectivity index (χ0n) is 19.5. The number of rotatable bonds is 7. The third-order valence-corrected chi connectivity index (χ3v) is 7.73. The zero-order chi connectivity index (χ0) is 23.7. The molecule has 0 spiro atoms. The molecule has 8 heteroatoms. The molecule has 3 fully saturated rings. The van der Waals surface area contributed by atoms with Gasteiger partial charge in [0, 0.05) is 25.1 Å². The number of amides is 4. The van der Waals surface area contributed by atoms with E-state index in [0.29, 0.717) is 30.4 Å². The summed E-state index contributed by atoms with van der Waals surface area (Å²) in [5.41, 5.74) is 2.21. The summed E-state index contributed by atoms with van der Waals surface area (Å²) in [4.78, 5) is 50.8. The molecule has 0 radical (unpaired) electrons. The van der Waals surface area contributed by atoms with Crippen LogP contribution in [0.5, 0.6) is 0 Å². The van der Waals surface area contributed by atoms with Crippen molar-refractivity contribution in [2.45, 2.75) is 89.4 Å². The predicted molar refractivity (Wildman–Crippen MR) is 124 cm³/mol. The minimum atomic E-state index is -0.627. The van der Waals surface area contributed by atoms with E-state index in [-0.39, 0.29) is 30.9 Å². The summed E-state index contributed by atoms with van der Waals surface area (Å²) >= 11 is 0. The van der Waals surface area contributed by atoms with Crippen LogP contribution < -0.4 is 10.6 Å². The zero-order valence-corrected chi connectivity index (χ0v) is 19.5. The molecule has 1 aromatic rings. The van der Waals surface area contributed by atoms with Crippen LogP contribution in [-0.4, -0.2) is 40.9 Å². The van der Waals surface area contributed by atoms with Gasteiger partial charge < -0.3 is 15.0 Å². The lowest BCUT2D eigenvalue weighted by molar-refractivity contribution is -0.136. The van der Waals surface area contributed by atoms with Gasteiger partial charge in [0.05, 0.1) is 0 Å². The minimum Gasteiger partial charge on any atom is -0.446 e. The highest BCUT2D eigenvalue weighted by Crippen LogP contribution is 2.39. The van der Waals surface area contributed by atoms with Crippen LogP contribution in [0.3, 0.4) is 0 Å². The van der Waals surface area contributed by atoms with Crippen LogP contribution in [-0.2, 0) is 27.4 Å². The first-order chi connectivity index (χ1) is 16.5. The number of ether oxygens (including phenoxy) is 1. The average Bonchev–Trinajstić information content (AvgIpc) is 3.60. The first-order valence-electron chi connectivity index (χ1n) is 12.7. The highest BCUT2D eigenvalue weighted by atomic mass is 16.6. The Morgan fingerprint density at radius 3 is 2.62 bits per heavy atom. The number of imide groups is 1. The minimum absolute atomic E-state index is 0.00326. The van der Waals surface area contributed by atoms with Crippen LogP contribution in [0.15, 0.2) is 18.2 Å².